The van der Waals surface area contributed by atoms with Gasteiger partial charge in [0.05, 0.1) is 0 Å². The highest BCUT2D eigenvalue weighted by Crippen LogP contribution is 2.33. The van der Waals surface area contributed by atoms with Crippen molar-refractivity contribution in [2.45, 2.75) is 129 Å². The van der Waals surface area contributed by atoms with Gasteiger partial charge in [-0.3, -0.25) is 9.11 Å². The molecular formula is C48H64O5S. The van der Waals surface area contributed by atoms with E-state index in [4.69, 9.17) is 22.3 Å². The monoisotopic (exact) mass is 752 g/mol. The molecule has 54 heavy (non-hydrogen) atoms. The standard InChI is InChI=1S/C48H62O.H2O4S/c1-41-29-27-39-47(45(41)37-25-15-11-7-3-5-9-13-19-31-43-33-21-17-22-34-43)49-48-40-28-30-42(2)46(48)38-26-16-12-8-4-6-10-14-20-32-44-35-23-18-24-36-44;1-5(2,3)4/h17-24,27-36,39-40H,3-16,25-26,37-38H2,1-2H3;(H2,1,2,3,4). The van der Waals surface area contributed by atoms with Gasteiger partial charge >= 0.3 is 10.4 Å². The Bertz CT molecular complexity index is 1620. The molecule has 2 N–H and O–H groups in total. The Morgan fingerprint density at radius 1 is 0.463 bits per heavy atom. The summed E-state index contributed by atoms with van der Waals surface area (Å²) in [5.74, 6) is 2.10. The molecule has 0 saturated carbocycles. The maximum atomic E-state index is 8.74. The van der Waals surface area contributed by atoms with Gasteiger partial charge in [0, 0.05) is 0 Å². The molecule has 0 aliphatic carbocycles. The molecule has 0 radical (unpaired) electrons. The molecule has 292 valence electrons. The summed E-state index contributed by atoms with van der Waals surface area (Å²) in [5.41, 5.74) is 8.07. The van der Waals surface area contributed by atoms with Crippen molar-refractivity contribution in [2.75, 3.05) is 0 Å². The number of ether oxygens (including phenoxy) is 1. The summed E-state index contributed by atoms with van der Waals surface area (Å²) in [6.07, 6.45) is 32.1. The highest BCUT2D eigenvalue weighted by molar-refractivity contribution is 7.79. The van der Waals surface area contributed by atoms with Crippen LogP contribution in [0.5, 0.6) is 11.5 Å². The number of unbranched alkanes of at least 4 members (excludes halogenated alkanes) is 14. The molecule has 4 rings (SSSR count). The minimum Gasteiger partial charge on any atom is -0.457 e. The lowest BCUT2D eigenvalue weighted by Crippen LogP contribution is -2.00. The molecule has 0 heterocycles. The Kier molecular flexibility index (Phi) is 22.0. The summed E-state index contributed by atoms with van der Waals surface area (Å²) >= 11 is 0. The van der Waals surface area contributed by atoms with Gasteiger partial charge < -0.3 is 4.74 Å². The van der Waals surface area contributed by atoms with Crippen LogP contribution in [0, 0.1) is 13.8 Å². The molecule has 0 aliphatic rings. The van der Waals surface area contributed by atoms with E-state index in [9.17, 15) is 0 Å². The fourth-order valence-electron chi connectivity index (χ4n) is 6.76. The highest BCUT2D eigenvalue weighted by atomic mass is 32.3. The lowest BCUT2D eigenvalue weighted by Gasteiger charge is -2.17. The predicted octanol–water partition coefficient (Wildman–Crippen LogP) is 14.2. The van der Waals surface area contributed by atoms with E-state index in [0.29, 0.717) is 0 Å². The Labute approximate surface area is 327 Å². The van der Waals surface area contributed by atoms with E-state index in [1.165, 1.54) is 136 Å². The van der Waals surface area contributed by atoms with Crippen LogP contribution in [0.25, 0.3) is 12.2 Å². The second-order valence-corrected chi connectivity index (χ2v) is 15.2. The van der Waals surface area contributed by atoms with E-state index >= 15 is 0 Å². The van der Waals surface area contributed by atoms with Crippen LogP contribution in [0.2, 0.25) is 0 Å². The molecule has 5 nitrogen and oxygen atoms in total. The second kappa shape index (κ2) is 26.7. The smallest absolute Gasteiger partial charge is 0.394 e. The molecule has 0 bridgehead atoms. The maximum Gasteiger partial charge on any atom is 0.394 e. The molecule has 0 saturated heterocycles. The second-order valence-electron chi connectivity index (χ2n) is 14.3. The summed E-state index contributed by atoms with van der Waals surface area (Å²) in [7, 11) is -4.67. The van der Waals surface area contributed by atoms with Crippen LogP contribution in [0.15, 0.2) is 109 Å². The zero-order valence-corrected chi connectivity index (χ0v) is 33.6. The predicted molar refractivity (Wildman–Crippen MR) is 229 cm³/mol. The Balaban J connectivity index is 0.00000147. The van der Waals surface area contributed by atoms with Gasteiger partial charge in [0.1, 0.15) is 11.5 Å². The van der Waals surface area contributed by atoms with E-state index in [2.05, 4.69) is 135 Å². The highest BCUT2D eigenvalue weighted by Gasteiger charge is 2.12. The number of hydrogen-bond acceptors (Lipinski definition) is 3. The van der Waals surface area contributed by atoms with Crippen LogP contribution in [0.3, 0.4) is 0 Å². The quantitative estimate of drug-likeness (QED) is 0.0550. The first-order valence-electron chi connectivity index (χ1n) is 20.2. The molecule has 4 aromatic carbocycles. The van der Waals surface area contributed by atoms with Crippen LogP contribution in [-0.2, 0) is 23.2 Å². The van der Waals surface area contributed by atoms with Gasteiger partial charge in [0.25, 0.3) is 0 Å². The number of hydrogen-bond donors (Lipinski definition) is 2. The maximum absolute atomic E-state index is 8.74. The number of allylic oxidation sites excluding steroid dienone is 2. The molecule has 0 atom stereocenters. The topological polar surface area (TPSA) is 83.8 Å². The van der Waals surface area contributed by atoms with Crippen LogP contribution in [-0.4, -0.2) is 17.5 Å². The lowest BCUT2D eigenvalue weighted by molar-refractivity contribution is 0.381. The number of rotatable bonds is 24. The van der Waals surface area contributed by atoms with Crippen molar-refractivity contribution in [3.63, 3.8) is 0 Å². The summed E-state index contributed by atoms with van der Waals surface area (Å²) in [4.78, 5) is 0. The van der Waals surface area contributed by atoms with Crippen LogP contribution in [0.1, 0.15) is 136 Å². The van der Waals surface area contributed by atoms with Gasteiger partial charge in [-0.15, -0.1) is 0 Å². The van der Waals surface area contributed by atoms with Crippen molar-refractivity contribution in [1.82, 2.24) is 0 Å². The summed E-state index contributed by atoms with van der Waals surface area (Å²) in [6.45, 7) is 4.49. The van der Waals surface area contributed by atoms with Crippen LogP contribution >= 0.6 is 0 Å². The first kappa shape index (κ1) is 44.4. The van der Waals surface area contributed by atoms with Gasteiger partial charge in [-0.2, -0.15) is 8.42 Å². The molecule has 0 spiro atoms. The van der Waals surface area contributed by atoms with Gasteiger partial charge in [-0.25, -0.2) is 0 Å². The van der Waals surface area contributed by atoms with E-state index in [0.717, 1.165) is 24.3 Å². The molecule has 0 amide bonds. The molecule has 0 fully saturated rings. The van der Waals surface area contributed by atoms with Crippen molar-refractivity contribution in [2.24, 2.45) is 0 Å². The Morgan fingerprint density at radius 3 is 1.17 bits per heavy atom. The van der Waals surface area contributed by atoms with Crippen molar-refractivity contribution in [3.8, 4) is 11.5 Å². The minimum atomic E-state index is -4.67. The zero-order chi connectivity index (χ0) is 38.7. The fourth-order valence-corrected chi connectivity index (χ4v) is 6.76. The van der Waals surface area contributed by atoms with Gasteiger partial charge in [0.15, 0.2) is 0 Å². The molecular weight excluding hydrogens is 689 g/mol. The third kappa shape index (κ3) is 20.5. The number of aryl methyl sites for hydroxylation is 2. The van der Waals surface area contributed by atoms with Crippen molar-refractivity contribution in [3.05, 3.63) is 143 Å². The Hall–Kier alpha value is -3.97. The van der Waals surface area contributed by atoms with Crippen molar-refractivity contribution >= 4 is 22.6 Å². The summed E-state index contributed by atoms with van der Waals surface area (Å²) < 4.78 is 38.3. The molecule has 4 aromatic rings. The van der Waals surface area contributed by atoms with Gasteiger partial charge in [0.2, 0.25) is 0 Å². The van der Waals surface area contributed by atoms with E-state index < -0.39 is 10.4 Å². The average molecular weight is 753 g/mol. The molecule has 0 aliphatic heterocycles. The fraction of sp³-hybridized carbons (Fsp3) is 0.417. The first-order valence-corrected chi connectivity index (χ1v) is 21.6. The van der Waals surface area contributed by atoms with Crippen molar-refractivity contribution < 1.29 is 22.3 Å². The normalized spacial score (nSPS) is 11.6. The summed E-state index contributed by atoms with van der Waals surface area (Å²) in [5, 5.41) is 0. The minimum absolute atomic E-state index is 1.05. The zero-order valence-electron chi connectivity index (χ0n) is 32.8. The third-order valence-corrected chi connectivity index (χ3v) is 9.77. The lowest BCUT2D eigenvalue weighted by atomic mass is 9.98. The SMILES string of the molecule is Cc1cccc(Oc2cccc(C)c2CCCCCCCCCC=Cc2ccccc2)c1CCCCCCCCCC=Cc1ccccc1.O=S(=O)(O)O. The molecule has 0 unspecified atom stereocenters. The van der Waals surface area contributed by atoms with E-state index in [1.54, 1.807) is 0 Å². The van der Waals surface area contributed by atoms with E-state index in [1.807, 2.05) is 0 Å². The Morgan fingerprint density at radius 2 is 0.796 bits per heavy atom. The largest absolute Gasteiger partial charge is 0.457 e. The van der Waals surface area contributed by atoms with E-state index in [-0.39, 0.29) is 0 Å². The number of benzene rings is 4. The molecule has 6 heteroatoms. The third-order valence-electron chi connectivity index (χ3n) is 9.77. The van der Waals surface area contributed by atoms with Crippen molar-refractivity contribution in [1.29, 1.82) is 0 Å². The van der Waals surface area contributed by atoms with Crippen LogP contribution < -0.4 is 4.74 Å². The first-order chi connectivity index (χ1) is 26.2. The van der Waals surface area contributed by atoms with Gasteiger partial charge in [-0.1, -0.05) is 173 Å². The summed E-state index contributed by atoms with van der Waals surface area (Å²) in [6, 6.07) is 34.4. The van der Waals surface area contributed by atoms with Gasteiger partial charge in [-0.05, 0) is 111 Å². The average Bonchev–Trinajstić information content (AvgIpc) is 3.15. The molecule has 0 aromatic heterocycles. The van der Waals surface area contributed by atoms with Crippen LogP contribution in [0.4, 0.5) is 0 Å².